The number of hydrogen-bond acceptors (Lipinski definition) is 3. The molecule has 0 saturated heterocycles. The van der Waals surface area contributed by atoms with Gasteiger partial charge in [0.05, 0.1) is 12.2 Å². The maximum atomic E-state index is 13.6. The number of nitrogens with zero attached hydrogens (tertiary/aromatic N) is 2. The van der Waals surface area contributed by atoms with Gasteiger partial charge in [-0.1, -0.05) is 13.8 Å². The van der Waals surface area contributed by atoms with Gasteiger partial charge >= 0.3 is 0 Å². The van der Waals surface area contributed by atoms with E-state index in [1.54, 1.807) is 11.3 Å². The summed E-state index contributed by atoms with van der Waals surface area (Å²) in [6.07, 6.45) is 0.378. The molecule has 2 N–H and O–H groups in total. The Kier molecular flexibility index (Phi) is 10.0. The van der Waals surface area contributed by atoms with Crippen LogP contribution in [0.15, 0.2) is 28.6 Å². The number of aromatic nitrogens is 1. The zero-order valence-electron chi connectivity index (χ0n) is 15.2. The predicted octanol–water partition coefficient (Wildman–Crippen LogP) is 4.46. The van der Waals surface area contributed by atoms with Gasteiger partial charge in [0.2, 0.25) is 0 Å². The average molecular weight is 494 g/mol. The first-order chi connectivity index (χ1) is 12.0. The highest BCUT2D eigenvalue weighted by molar-refractivity contribution is 14.0. The van der Waals surface area contributed by atoms with Crippen molar-refractivity contribution in [3.63, 3.8) is 0 Å². The molecule has 1 aromatic heterocycles. The summed E-state index contributed by atoms with van der Waals surface area (Å²) >= 11 is 1.60. The lowest BCUT2D eigenvalue weighted by Crippen LogP contribution is -2.38. The van der Waals surface area contributed by atoms with Gasteiger partial charge < -0.3 is 10.6 Å². The van der Waals surface area contributed by atoms with E-state index in [2.05, 4.69) is 39.8 Å². The summed E-state index contributed by atoms with van der Waals surface area (Å²) in [4.78, 5) is 9.06. The number of nitrogens with one attached hydrogen (secondary N) is 2. The van der Waals surface area contributed by atoms with Crippen LogP contribution in [0.5, 0.6) is 0 Å². The highest BCUT2D eigenvalue weighted by Crippen LogP contribution is 2.18. The first kappa shape index (κ1) is 22.8. The van der Waals surface area contributed by atoms with E-state index < -0.39 is 11.6 Å². The third-order valence-corrected chi connectivity index (χ3v) is 4.42. The highest BCUT2D eigenvalue weighted by Gasteiger charge is 2.07. The highest BCUT2D eigenvalue weighted by atomic mass is 127. The van der Waals surface area contributed by atoms with Gasteiger partial charge in [0.25, 0.3) is 0 Å². The largest absolute Gasteiger partial charge is 0.357 e. The molecule has 0 radical (unpaired) electrons. The summed E-state index contributed by atoms with van der Waals surface area (Å²) in [6.45, 7) is 7.86. The number of benzene rings is 1. The van der Waals surface area contributed by atoms with Crippen molar-refractivity contribution in [2.24, 2.45) is 4.99 Å². The molecule has 0 amide bonds. The molecule has 8 heteroatoms. The van der Waals surface area contributed by atoms with Gasteiger partial charge in [-0.3, -0.25) is 0 Å². The minimum Gasteiger partial charge on any atom is -0.357 e. The molecular weight excluding hydrogens is 469 g/mol. The minimum absolute atomic E-state index is 0. The molecule has 0 bridgehead atoms. The minimum atomic E-state index is -0.429. The molecule has 0 unspecified atom stereocenters. The summed E-state index contributed by atoms with van der Waals surface area (Å²) in [5.74, 6) is 0.220. The Labute approximate surface area is 174 Å². The van der Waals surface area contributed by atoms with Crippen molar-refractivity contribution < 1.29 is 8.78 Å². The number of aliphatic imine (C=N–C) groups is 1. The van der Waals surface area contributed by atoms with Gasteiger partial charge in [0.15, 0.2) is 5.96 Å². The van der Waals surface area contributed by atoms with E-state index in [1.165, 1.54) is 6.07 Å². The quantitative estimate of drug-likeness (QED) is 0.340. The fraction of sp³-hybridized carbons (Fsp3) is 0.444. The molecule has 0 aliphatic rings. The molecular formula is C18H25F2IN4S. The normalized spacial score (nSPS) is 11.4. The second kappa shape index (κ2) is 11.4. The van der Waals surface area contributed by atoms with Crippen LogP contribution in [0.25, 0.3) is 0 Å². The maximum absolute atomic E-state index is 13.6. The second-order valence-electron chi connectivity index (χ2n) is 5.93. The van der Waals surface area contributed by atoms with E-state index in [1.807, 2.05) is 6.92 Å². The molecule has 0 fully saturated rings. The SMILES string of the molecule is CCNC(=NCc1nc(C(C)C)cs1)NCCc1cc(F)ccc1F.I. The number of hydrogen-bond donors (Lipinski definition) is 2. The summed E-state index contributed by atoms with van der Waals surface area (Å²) < 4.78 is 26.8. The van der Waals surface area contributed by atoms with Crippen LogP contribution in [-0.4, -0.2) is 24.0 Å². The number of halogens is 3. The molecule has 2 aromatic rings. The smallest absolute Gasteiger partial charge is 0.191 e. The molecule has 4 nitrogen and oxygen atoms in total. The lowest BCUT2D eigenvalue weighted by molar-refractivity contribution is 0.583. The molecule has 144 valence electrons. The molecule has 1 heterocycles. The maximum Gasteiger partial charge on any atom is 0.191 e. The lowest BCUT2D eigenvalue weighted by atomic mass is 10.1. The second-order valence-corrected chi connectivity index (χ2v) is 6.87. The number of guanidine groups is 1. The van der Waals surface area contributed by atoms with Crippen LogP contribution in [0.1, 0.15) is 43.0 Å². The fourth-order valence-corrected chi connectivity index (χ4v) is 3.08. The lowest BCUT2D eigenvalue weighted by Gasteiger charge is -2.11. The number of thiazole rings is 1. The van der Waals surface area contributed by atoms with E-state index in [-0.39, 0.29) is 24.0 Å². The molecule has 0 aliphatic carbocycles. The van der Waals surface area contributed by atoms with Crippen LogP contribution < -0.4 is 10.6 Å². The Morgan fingerprint density at radius 2 is 2.04 bits per heavy atom. The van der Waals surface area contributed by atoms with Crippen molar-refractivity contribution in [3.05, 3.63) is 51.5 Å². The zero-order valence-corrected chi connectivity index (χ0v) is 18.3. The first-order valence-electron chi connectivity index (χ1n) is 8.40. The summed E-state index contributed by atoms with van der Waals surface area (Å²) in [6, 6.07) is 3.50. The van der Waals surface area contributed by atoms with E-state index in [4.69, 9.17) is 0 Å². The van der Waals surface area contributed by atoms with Crippen molar-refractivity contribution in [3.8, 4) is 0 Å². The van der Waals surface area contributed by atoms with Crippen LogP contribution in [0.4, 0.5) is 8.78 Å². The van der Waals surface area contributed by atoms with Gasteiger partial charge in [0, 0.05) is 18.5 Å². The summed E-state index contributed by atoms with van der Waals surface area (Å²) in [5.41, 5.74) is 1.43. The molecule has 0 saturated carbocycles. The van der Waals surface area contributed by atoms with Gasteiger partial charge in [-0.25, -0.2) is 18.8 Å². The van der Waals surface area contributed by atoms with Crippen LogP contribution in [0.2, 0.25) is 0 Å². The van der Waals surface area contributed by atoms with Crippen molar-refractivity contribution in [1.82, 2.24) is 15.6 Å². The third kappa shape index (κ3) is 7.14. The van der Waals surface area contributed by atoms with E-state index in [0.29, 0.717) is 37.0 Å². The molecule has 0 spiro atoms. The Morgan fingerprint density at radius 3 is 2.69 bits per heavy atom. The molecule has 2 rings (SSSR count). The van der Waals surface area contributed by atoms with Crippen molar-refractivity contribution in [2.75, 3.05) is 13.1 Å². The van der Waals surface area contributed by atoms with Crippen molar-refractivity contribution in [2.45, 2.75) is 39.7 Å². The topological polar surface area (TPSA) is 49.3 Å². The monoisotopic (exact) mass is 494 g/mol. The van der Waals surface area contributed by atoms with Crippen molar-refractivity contribution in [1.29, 1.82) is 0 Å². The van der Waals surface area contributed by atoms with Crippen LogP contribution in [0.3, 0.4) is 0 Å². The van der Waals surface area contributed by atoms with E-state index in [9.17, 15) is 8.78 Å². The summed E-state index contributed by atoms with van der Waals surface area (Å²) in [5, 5.41) is 9.30. The predicted molar refractivity (Wildman–Crippen MR) is 114 cm³/mol. The van der Waals surface area contributed by atoms with Gasteiger partial charge in [0.1, 0.15) is 16.6 Å². The molecule has 0 aliphatic heterocycles. The van der Waals surface area contributed by atoms with E-state index in [0.717, 1.165) is 29.4 Å². The standard InChI is InChI=1S/C18H24F2N4S.HI/c1-4-21-18(23-10-17-24-16(11-25-17)12(2)3)22-8-7-13-9-14(19)5-6-15(13)20;/h5-6,9,11-12H,4,7-8,10H2,1-3H3,(H2,21,22,23);1H. The third-order valence-electron chi connectivity index (χ3n) is 3.57. The van der Waals surface area contributed by atoms with Crippen LogP contribution >= 0.6 is 35.3 Å². The zero-order chi connectivity index (χ0) is 18.2. The van der Waals surface area contributed by atoms with E-state index >= 15 is 0 Å². The Hall–Kier alpha value is -1.29. The Bertz CT molecular complexity index is 719. The van der Waals surface area contributed by atoms with Gasteiger partial charge in [-0.2, -0.15) is 0 Å². The average Bonchev–Trinajstić information content (AvgIpc) is 3.05. The molecule has 26 heavy (non-hydrogen) atoms. The van der Waals surface area contributed by atoms with Gasteiger partial charge in [-0.05, 0) is 43.0 Å². The first-order valence-corrected chi connectivity index (χ1v) is 9.28. The molecule has 1 aromatic carbocycles. The summed E-state index contributed by atoms with van der Waals surface area (Å²) in [7, 11) is 0. The van der Waals surface area contributed by atoms with Crippen LogP contribution in [0, 0.1) is 11.6 Å². The Balaban J connectivity index is 0.00000338. The van der Waals surface area contributed by atoms with Crippen LogP contribution in [-0.2, 0) is 13.0 Å². The van der Waals surface area contributed by atoms with Gasteiger partial charge in [-0.15, -0.1) is 35.3 Å². The molecule has 0 atom stereocenters. The van der Waals surface area contributed by atoms with Crippen molar-refractivity contribution >= 4 is 41.3 Å². The fourth-order valence-electron chi connectivity index (χ4n) is 2.20. The number of rotatable bonds is 7. The Morgan fingerprint density at radius 1 is 1.27 bits per heavy atom.